The highest BCUT2D eigenvalue weighted by molar-refractivity contribution is 5.69. The van der Waals surface area contributed by atoms with Crippen LogP contribution < -0.4 is 9.47 Å². The summed E-state index contributed by atoms with van der Waals surface area (Å²) in [5, 5.41) is 32.1. The number of hydrogen-bond donors (Lipinski definition) is 2. The fourth-order valence-electron chi connectivity index (χ4n) is 3.42. The maximum Gasteiger partial charge on any atom is 0.305 e. The number of esters is 1. The van der Waals surface area contributed by atoms with E-state index in [-0.39, 0.29) is 54.4 Å². The molecule has 0 saturated carbocycles. The molecule has 1 unspecified atom stereocenters. The van der Waals surface area contributed by atoms with Crippen LogP contribution in [0, 0.1) is 10.1 Å². The minimum atomic E-state index is -1.25. The molecule has 2 N–H and O–H groups in total. The lowest BCUT2D eigenvalue weighted by Crippen LogP contribution is -2.44. The highest BCUT2D eigenvalue weighted by atomic mass is 16.6. The van der Waals surface area contributed by atoms with Crippen molar-refractivity contribution < 1.29 is 34.1 Å². The zero-order valence-electron chi connectivity index (χ0n) is 16.7. The third-order valence-electron chi connectivity index (χ3n) is 5.00. The normalized spacial score (nSPS) is 18.1. The van der Waals surface area contributed by atoms with Gasteiger partial charge in [-0.1, -0.05) is 6.42 Å². The Bertz CT molecular complexity index is 712. The zero-order valence-corrected chi connectivity index (χ0v) is 16.7. The second-order valence-corrected chi connectivity index (χ2v) is 6.79. The van der Waals surface area contributed by atoms with E-state index in [1.54, 1.807) is 4.90 Å². The predicted octanol–water partition coefficient (Wildman–Crippen LogP) is 1.77. The molecule has 0 amide bonds. The summed E-state index contributed by atoms with van der Waals surface area (Å²) < 4.78 is 15.4. The third-order valence-corrected chi connectivity index (χ3v) is 5.00. The molecule has 0 spiro atoms. The Kier molecular flexibility index (Phi) is 8.62. The number of benzene rings is 1. The smallest absolute Gasteiger partial charge is 0.305 e. The first-order valence-electron chi connectivity index (χ1n) is 9.53. The molecule has 2 atom stereocenters. The molecule has 2 rings (SSSR count). The van der Waals surface area contributed by atoms with Crippen molar-refractivity contribution in [2.45, 2.75) is 44.4 Å². The lowest BCUT2D eigenvalue weighted by Gasteiger charge is -2.37. The quantitative estimate of drug-likeness (QED) is 0.255. The van der Waals surface area contributed by atoms with E-state index < -0.39 is 11.2 Å². The van der Waals surface area contributed by atoms with Gasteiger partial charge in [0.05, 0.1) is 44.0 Å². The number of aliphatic hydroxyl groups is 2. The number of nitro groups is 1. The molecular weight excluding hydrogens is 384 g/mol. The van der Waals surface area contributed by atoms with E-state index in [1.807, 2.05) is 0 Å². The van der Waals surface area contributed by atoms with Crippen molar-refractivity contribution in [2.24, 2.45) is 0 Å². The average molecular weight is 412 g/mol. The van der Waals surface area contributed by atoms with Gasteiger partial charge in [0, 0.05) is 19.0 Å². The van der Waals surface area contributed by atoms with Crippen molar-refractivity contribution in [2.75, 3.05) is 34.0 Å². The molecule has 1 aromatic carbocycles. The minimum absolute atomic E-state index is 0.0779. The minimum Gasteiger partial charge on any atom is -0.493 e. The van der Waals surface area contributed by atoms with Gasteiger partial charge in [-0.15, -0.1) is 0 Å². The molecule has 1 aliphatic heterocycles. The maximum absolute atomic E-state index is 11.6. The monoisotopic (exact) mass is 412 g/mol. The van der Waals surface area contributed by atoms with E-state index in [9.17, 15) is 25.1 Å². The SMILES string of the molecule is COC(=O)CCCOc1cc([N+](=O)[O-])c(C(O)N2CCCC[C@H]2CO)cc1OC. The van der Waals surface area contributed by atoms with Crippen LogP contribution in [0.5, 0.6) is 11.5 Å². The van der Waals surface area contributed by atoms with Crippen LogP contribution in [0.3, 0.4) is 0 Å². The molecule has 1 fully saturated rings. The van der Waals surface area contributed by atoms with Crippen LogP contribution in [0.4, 0.5) is 5.69 Å². The van der Waals surface area contributed by atoms with Crippen molar-refractivity contribution in [3.63, 3.8) is 0 Å². The summed E-state index contributed by atoms with van der Waals surface area (Å²) in [7, 11) is 2.69. The van der Waals surface area contributed by atoms with E-state index in [0.717, 1.165) is 12.8 Å². The van der Waals surface area contributed by atoms with Crippen LogP contribution in [-0.4, -0.2) is 66.0 Å². The Morgan fingerprint density at radius 1 is 1.34 bits per heavy atom. The van der Waals surface area contributed by atoms with Crippen molar-refractivity contribution >= 4 is 11.7 Å². The molecule has 1 saturated heterocycles. The van der Waals surface area contributed by atoms with Gasteiger partial charge in [-0.2, -0.15) is 0 Å². The van der Waals surface area contributed by atoms with Gasteiger partial charge in [-0.3, -0.25) is 19.8 Å². The van der Waals surface area contributed by atoms with Crippen LogP contribution in [0.15, 0.2) is 12.1 Å². The average Bonchev–Trinajstić information content (AvgIpc) is 2.75. The summed E-state index contributed by atoms with van der Waals surface area (Å²) >= 11 is 0. The van der Waals surface area contributed by atoms with Crippen LogP contribution in [0.25, 0.3) is 0 Å². The second kappa shape index (κ2) is 10.9. The summed E-state index contributed by atoms with van der Waals surface area (Å²) in [6, 6.07) is 2.34. The van der Waals surface area contributed by atoms with Gasteiger partial charge in [-0.25, -0.2) is 0 Å². The Hall–Kier alpha value is -2.43. The Morgan fingerprint density at radius 2 is 2.10 bits per heavy atom. The first kappa shape index (κ1) is 22.9. The molecule has 0 bridgehead atoms. The molecule has 162 valence electrons. The van der Waals surface area contributed by atoms with Crippen LogP contribution in [-0.2, 0) is 9.53 Å². The number of carbonyl (C=O) groups excluding carboxylic acids is 1. The van der Waals surface area contributed by atoms with E-state index in [0.29, 0.717) is 19.4 Å². The molecule has 29 heavy (non-hydrogen) atoms. The lowest BCUT2D eigenvalue weighted by molar-refractivity contribution is -0.386. The Balaban J connectivity index is 2.26. The number of carbonyl (C=O) groups is 1. The van der Waals surface area contributed by atoms with Crippen molar-refractivity contribution in [3.8, 4) is 11.5 Å². The van der Waals surface area contributed by atoms with Gasteiger partial charge in [-0.05, 0) is 25.3 Å². The largest absolute Gasteiger partial charge is 0.493 e. The van der Waals surface area contributed by atoms with Gasteiger partial charge in [0.15, 0.2) is 11.5 Å². The Labute approximate surface area is 169 Å². The molecule has 1 aliphatic rings. The summed E-state index contributed by atoms with van der Waals surface area (Å²) in [4.78, 5) is 23.9. The number of aliphatic hydroxyl groups excluding tert-OH is 2. The number of hydrogen-bond acceptors (Lipinski definition) is 9. The maximum atomic E-state index is 11.6. The van der Waals surface area contributed by atoms with Crippen molar-refractivity contribution in [3.05, 3.63) is 27.8 Å². The molecule has 1 heterocycles. The summed E-state index contributed by atoms with van der Waals surface area (Å²) in [6.45, 7) is 0.532. The van der Waals surface area contributed by atoms with Gasteiger partial charge < -0.3 is 24.4 Å². The molecule has 10 heteroatoms. The molecule has 0 aromatic heterocycles. The van der Waals surface area contributed by atoms with Gasteiger partial charge in [0.25, 0.3) is 5.69 Å². The van der Waals surface area contributed by atoms with Crippen molar-refractivity contribution in [1.29, 1.82) is 0 Å². The van der Waals surface area contributed by atoms with Gasteiger partial charge in [0.2, 0.25) is 0 Å². The number of ether oxygens (including phenoxy) is 3. The zero-order chi connectivity index (χ0) is 21.4. The Morgan fingerprint density at radius 3 is 2.72 bits per heavy atom. The topological polar surface area (TPSA) is 132 Å². The van der Waals surface area contributed by atoms with Crippen LogP contribution in [0.1, 0.15) is 43.9 Å². The number of piperidine rings is 1. The van der Waals surface area contributed by atoms with Crippen molar-refractivity contribution in [1.82, 2.24) is 4.90 Å². The number of likely N-dealkylation sites (tertiary alicyclic amines) is 1. The van der Waals surface area contributed by atoms with Gasteiger partial charge in [0.1, 0.15) is 6.23 Å². The highest BCUT2D eigenvalue weighted by Gasteiger charge is 2.33. The molecular formula is C19H28N2O8. The molecule has 1 aromatic rings. The summed E-state index contributed by atoms with van der Waals surface area (Å²) in [5.74, 6) is 0.0163. The van der Waals surface area contributed by atoms with Gasteiger partial charge >= 0.3 is 5.97 Å². The molecule has 0 aliphatic carbocycles. The van der Waals surface area contributed by atoms with E-state index in [2.05, 4.69) is 4.74 Å². The molecule has 0 radical (unpaired) electrons. The van der Waals surface area contributed by atoms with E-state index in [1.165, 1.54) is 26.4 Å². The summed E-state index contributed by atoms with van der Waals surface area (Å²) in [5.41, 5.74) is -0.224. The standard InChI is InChI=1S/C19H28N2O8/c1-27-16-10-14(19(24)20-8-4-3-6-13(20)12-22)15(21(25)26)11-17(16)29-9-5-7-18(23)28-2/h10-11,13,19,22,24H,3-9,12H2,1-2H3/t13-,19?/m0/s1. The number of methoxy groups -OCH3 is 2. The fourth-order valence-corrected chi connectivity index (χ4v) is 3.42. The number of rotatable bonds is 10. The highest BCUT2D eigenvalue weighted by Crippen LogP contribution is 2.39. The number of nitrogens with zero attached hydrogens (tertiary/aromatic N) is 2. The fraction of sp³-hybridized carbons (Fsp3) is 0.632. The predicted molar refractivity (Wildman–Crippen MR) is 103 cm³/mol. The first-order chi connectivity index (χ1) is 13.9. The first-order valence-corrected chi connectivity index (χ1v) is 9.53. The van der Waals surface area contributed by atoms with E-state index in [4.69, 9.17) is 9.47 Å². The van der Waals surface area contributed by atoms with Crippen LogP contribution >= 0.6 is 0 Å². The van der Waals surface area contributed by atoms with E-state index >= 15 is 0 Å². The number of nitro benzene ring substituents is 1. The summed E-state index contributed by atoms with van der Waals surface area (Å²) in [6.07, 6.45) is 1.75. The second-order valence-electron chi connectivity index (χ2n) is 6.79. The lowest BCUT2D eigenvalue weighted by atomic mass is 10.00. The third kappa shape index (κ3) is 5.78. The van der Waals surface area contributed by atoms with Crippen LogP contribution in [0.2, 0.25) is 0 Å². The molecule has 10 nitrogen and oxygen atoms in total.